The minimum atomic E-state index is -0.268. The molecule has 0 unspecified atom stereocenters. The molecule has 2 amide bonds. The summed E-state index contributed by atoms with van der Waals surface area (Å²) in [7, 11) is 0. The van der Waals surface area contributed by atoms with Crippen LogP contribution in [0.5, 0.6) is 5.75 Å². The number of hydrogen-bond donors (Lipinski definition) is 2. The highest BCUT2D eigenvalue weighted by atomic mass is 16.5. The minimum Gasteiger partial charge on any atom is -0.494 e. The van der Waals surface area contributed by atoms with Gasteiger partial charge in [-0.15, -0.1) is 0 Å². The third-order valence-electron chi connectivity index (χ3n) is 5.63. The van der Waals surface area contributed by atoms with Crippen LogP contribution in [0.3, 0.4) is 0 Å². The Labute approximate surface area is 198 Å². The summed E-state index contributed by atoms with van der Waals surface area (Å²) < 4.78 is 5.83. The molecule has 174 valence electrons. The van der Waals surface area contributed by atoms with E-state index in [0.29, 0.717) is 0 Å². The highest BCUT2D eigenvalue weighted by molar-refractivity contribution is 5.99. The number of anilines is 2. The van der Waals surface area contributed by atoms with Gasteiger partial charge in [-0.05, 0) is 53.9 Å². The van der Waals surface area contributed by atoms with E-state index < -0.39 is 0 Å². The largest absolute Gasteiger partial charge is 0.494 e. The van der Waals surface area contributed by atoms with Crippen LogP contribution in [0.25, 0.3) is 11.1 Å². The average molecular weight is 445 g/mol. The first-order chi connectivity index (χ1) is 16.2. The summed E-state index contributed by atoms with van der Waals surface area (Å²) in [4.78, 5) is 12.3. The zero-order valence-electron chi connectivity index (χ0n) is 19.7. The number of unbranched alkanes of at least 4 members (excludes halogenated alkanes) is 7. The van der Waals surface area contributed by atoms with Gasteiger partial charge in [0.2, 0.25) is 0 Å². The first-order valence-electron chi connectivity index (χ1n) is 12.2. The van der Waals surface area contributed by atoms with Crippen LogP contribution in [-0.4, -0.2) is 12.6 Å². The number of carbonyl (C=O) groups is 1. The summed E-state index contributed by atoms with van der Waals surface area (Å²) in [6.07, 6.45) is 10.3. The van der Waals surface area contributed by atoms with Gasteiger partial charge in [0, 0.05) is 11.4 Å². The van der Waals surface area contributed by atoms with Gasteiger partial charge < -0.3 is 15.4 Å². The van der Waals surface area contributed by atoms with Crippen molar-refractivity contribution in [1.82, 2.24) is 0 Å². The van der Waals surface area contributed by atoms with Gasteiger partial charge in [0.15, 0.2) is 0 Å². The molecule has 0 aliphatic rings. The topological polar surface area (TPSA) is 50.4 Å². The lowest BCUT2D eigenvalue weighted by Gasteiger charge is -2.10. The Morgan fingerprint density at radius 2 is 1.15 bits per heavy atom. The summed E-state index contributed by atoms with van der Waals surface area (Å²) in [6, 6.07) is 25.2. The fourth-order valence-electron chi connectivity index (χ4n) is 3.73. The predicted octanol–water partition coefficient (Wildman–Crippen LogP) is 8.52. The summed E-state index contributed by atoms with van der Waals surface area (Å²) in [5, 5.41) is 5.74. The fraction of sp³-hybridized carbons (Fsp3) is 0.345. The highest BCUT2D eigenvalue weighted by Crippen LogP contribution is 2.21. The van der Waals surface area contributed by atoms with Crippen molar-refractivity contribution in [3.8, 4) is 16.9 Å². The van der Waals surface area contributed by atoms with E-state index in [4.69, 9.17) is 4.74 Å². The molecule has 0 aliphatic carbocycles. The van der Waals surface area contributed by atoms with E-state index in [1.807, 2.05) is 66.7 Å². The van der Waals surface area contributed by atoms with Crippen LogP contribution in [0.15, 0.2) is 78.9 Å². The number of carbonyl (C=O) groups excluding carboxylic acids is 1. The number of nitrogens with one attached hydrogen (secondary N) is 2. The molecule has 2 N–H and O–H groups in total. The van der Waals surface area contributed by atoms with Crippen molar-refractivity contribution in [1.29, 1.82) is 0 Å². The number of ether oxygens (including phenoxy) is 1. The fourth-order valence-corrected chi connectivity index (χ4v) is 3.73. The van der Waals surface area contributed by atoms with Gasteiger partial charge in [0.25, 0.3) is 0 Å². The molecule has 33 heavy (non-hydrogen) atoms. The van der Waals surface area contributed by atoms with Gasteiger partial charge in [0.05, 0.1) is 6.61 Å². The molecule has 0 aliphatic heterocycles. The minimum absolute atomic E-state index is 0.268. The average Bonchev–Trinajstić information content (AvgIpc) is 2.85. The van der Waals surface area contributed by atoms with Gasteiger partial charge in [-0.3, -0.25) is 0 Å². The molecule has 3 aromatic rings. The van der Waals surface area contributed by atoms with Gasteiger partial charge in [-0.2, -0.15) is 0 Å². The molecular weight excluding hydrogens is 408 g/mol. The molecule has 0 saturated carbocycles. The predicted molar refractivity (Wildman–Crippen MR) is 139 cm³/mol. The van der Waals surface area contributed by atoms with E-state index in [0.717, 1.165) is 41.3 Å². The Morgan fingerprint density at radius 3 is 1.76 bits per heavy atom. The molecule has 0 radical (unpaired) electrons. The third-order valence-corrected chi connectivity index (χ3v) is 5.63. The highest BCUT2D eigenvalue weighted by Gasteiger charge is 2.04. The molecule has 0 bridgehead atoms. The van der Waals surface area contributed by atoms with E-state index in [2.05, 4.69) is 29.7 Å². The smallest absolute Gasteiger partial charge is 0.323 e. The van der Waals surface area contributed by atoms with Gasteiger partial charge >= 0.3 is 6.03 Å². The molecule has 3 rings (SSSR count). The Balaban J connectivity index is 1.34. The van der Waals surface area contributed by atoms with Crippen LogP contribution in [0.2, 0.25) is 0 Å². The first kappa shape index (κ1) is 24.4. The summed E-state index contributed by atoms with van der Waals surface area (Å²) >= 11 is 0. The van der Waals surface area contributed by atoms with Gasteiger partial charge in [0.1, 0.15) is 5.75 Å². The van der Waals surface area contributed by atoms with Crippen molar-refractivity contribution in [2.75, 3.05) is 17.2 Å². The van der Waals surface area contributed by atoms with Crippen molar-refractivity contribution in [3.63, 3.8) is 0 Å². The quantitative estimate of drug-likeness (QED) is 0.260. The molecule has 0 fully saturated rings. The maximum Gasteiger partial charge on any atom is 0.323 e. The van der Waals surface area contributed by atoms with Crippen molar-refractivity contribution in [2.24, 2.45) is 0 Å². The molecule has 0 atom stereocenters. The van der Waals surface area contributed by atoms with E-state index >= 15 is 0 Å². The molecular formula is C29H36N2O2. The van der Waals surface area contributed by atoms with Crippen molar-refractivity contribution in [2.45, 2.75) is 58.3 Å². The second kappa shape index (κ2) is 14.0. The van der Waals surface area contributed by atoms with E-state index in [1.54, 1.807) is 0 Å². The van der Waals surface area contributed by atoms with E-state index in [1.165, 1.54) is 44.9 Å². The Morgan fingerprint density at radius 1 is 0.636 bits per heavy atom. The Bertz CT molecular complexity index is 938. The van der Waals surface area contributed by atoms with Crippen LogP contribution in [0.4, 0.5) is 16.2 Å². The lowest BCUT2D eigenvalue weighted by atomic mass is 10.1. The van der Waals surface area contributed by atoms with Crippen LogP contribution < -0.4 is 15.4 Å². The van der Waals surface area contributed by atoms with Crippen molar-refractivity contribution >= 4 is 17.4 Å². The van der Waals surface area contributed by atoms with Crippen molar-refractivity contribution in [3.05, 3.63) is 78.9 Å². The first-order valence-corrected chi connectivity index (χ1v) is 12.2. The van der Waals surface area contributed by atoms with Gasteiger partial charge in [-0.25, -0.2) is 4.79 Å². The standard InChI is InChI=1S/C29H36N2O2/c1-2-3-4-5-6-7-8-12-23-33-28-21-19-27(20-22-28)31-29(32)30-26-17-15-25(16-18-26)24-13-10-9-11-14-24/h9-11,13-22H,2-8,12,23H2,1H3,(H2,30,31,32). The van der Waals surface area contributed by atoms with Crippen LogP contribution in [0.1, 0.15) is 58.3 Å². The summed E-state index contributed by atoms with van der Waals surface area (Å²) in [5.41, 5.74) is 3.74. The third kappa shape index (κ3) is 9.01. The molecule has 4 nitrogen and oxygen atoms in total. The SMILES string of the molecule is CCCCCCCCCCOc1ccc(NC(=O)Nc2ccc(-c3ccccc3)cc2)cc1. The number of benzene rings is 3. The van der Waals surface area contributed by atoms with E-state index in [-0.39, 0.29) is 6.03 Å². The number of urea groups is 1. The van der Waals surface area contributed by atoms with Crippen LogP contribution >= 0.6 is 0 Å². The second-order valence-electron chi connectivity index (χ2n) is 8.37. The Kier molecular flexibility index (Phi) is 10.3. The lowest BCUT2D eigenvalue weighted by molar-refractivity contribution is 0.262. The van der Waals surface area contributed by atoms with Crippen molar-refractivity contribution < 1.29 is 9.53 Å². The number of rotatable bonds is 13. The second-order valence-corrected chi connectivity index (χ2v) is 8.37. The molecule has 3 aromatic carbocycles. The molecule has 4 heteroatoms. The molecule has 0 aromatic heterocycles. The maximum atomic E-state index is 12.3. The van der Waals surface area contributed by atoms with Crippen LogP contribution in [0, 0.1) is 0 Å². The maximum absolute atomic E-state index is 12.3. The summed E-state index contributed by atoms with van der Waals surface area (Å²) in [5.74, 6) is 0.834. The lowest BCUT2D eigenvalue weighted by Crippen LogP contribution is -2.19. The van der Waals surface area contributed by atoms with Gasteiger partial charge in [-0.1, -0.05) is 94.3 Å². The number of hydrogen-bond acceptors (Lipinski definition) is 2. The van der Waals surface area contributed by atoms with E-state index in [9.17, 15) is 4.79 Å². The zero-order valence-corrected chi connectivity index (χ0v) is 19.7. The zero-order chi connectivity index (χ0) is 23.1. The summed E-state index contributed by atoms with van der Waals surface area (Å²) in [6.45, 7) is 2.99. The molecule has 0 saturated heterocycles. The normalized spacial score (nSPS) is 10.6. The molecule has 0 spiro atoms. The Hall–Kier alpha value is -3.27. The molecule has 0 heterocycles. The monoisotopic (exact) mass is 444 g/mol. The van der Waals surface area contributed by atoms with Crippen LogP contribution in [-0.2, 0) is 0 Å². The number of amides is 2.